The van der Waals surface area contributed by atoms with Gasteiger partial charge in [-0.2, -0.15) is 0 Å². The number of hydrogen-bond acceptors (Lipinski definition) is 5. The molecule has 0 fully saturated rings. The maximum atomic E-state index is 12.0. The third-order valence-corrected chi connectivity index (χ3v) is 5.35. The van der Waals surface area contributed by atoms with E-state index < -0.39 is 9.84 Å². The maximum Gasteiger partial charge on any atom is 0.161 e. The Morgan fingerprint density at radius 3 is 2.78 bits per heavy atom. The number of nitrogens with zero attached hydrogens (tertiary/aromatic N) is 3. The van der Waals surface area contributed by atoms with Gasteiger partial charge >= 0.3 is 0 Å². The van der Waals surface area contributed by atoms with Crippen molar-refractivity contribution in [2.24, 2.45) is 0 Å². The van der Waals surface area contributed by atoms with Gasteiger partial charge in [-0.3, -0.25) is 4.68 Å². The molecule has 0 spiro atoms. The average molecular weight is 306 g/mol. The average Bonchev–Trinajstić information content (AvgIpc) is 2.88. The first-order valence-corrected chi connectivity index (χ1v) is 8.39. The van der Waals surface area contributed by atoms with E-state index in [2.05, 4.69) is 10.3 Å². The zero-order chi connectivity index (χ0) is 13.2. The Kier molecular flexibility index (Phi) is 4.04. The minimum Gasteiger partial charge on any atom is -0.253 e. The molecule has 8 heteroatoms. The fourth-order valence-corrected chi connectivity index (χ4v) is 4.48. The number of halogens is 1. The van der Waals surface area contributed by atoms with Crippen LogP contribution in [0, 0.1) is 0 Å². The van der Waals surface area contributed by atoms with Crippen LogP contribution in [0.4, 0.5) is 0 Å². The van der Waals surface area contributed by atoms with E-state index in [-0.39, 0.29) is 11.5 Å². The smallest absolute Gasteiger partial charge is 0.161 e. The minimum atomic E-state index is -3.26. The van der Waals surface area contributed by atoms with Gasteiger partial charge in [0.05, 0.1) is 22.2 Å². The molecular weight excluding hydrogens is 294 g/mol. The molecule has 0 aliphatic rings. The van der Waals surface area contributed by atoms with Crippen LogP contribution in [0.25, 0.3) is 0 Å². The van der Waals surface area contributed by atoms with Crippen LogP contribution in [0.3, 0.4) is 0 Å². The number of hydrogen-bond donors (Lipinski definition) is 0. The summed E-state index contributed by atoms with van der Waals surface area (Å²) in [6, 6.07) is 1.70. The first kappa shape index (κ1) is 13.5. The van der Waals surface area contributed by atoms with Crippen molar-refractivity contribution in [1.29, 1.82) is 0 Å². The van der Waals surface area contributed by atoms with Gasteiger partial charge in [0.15, 0.2) is 9.84 Å². The maximum absolute atomic E-state index is 12.0. The normalized spacial score (nSPS) is 11.9. The molecule has 18 heavy (non-hydrogen) atoms. The molecule has 5 nitrogen and oxygen atoms in total. The summed E-state index contributed by atoms with van der Waals surface area (Å²) >= 11 is 7.23. The highest BCUT2D eigenvalue weighted by Crippen LogP contribution is 2.25. The van der Waals surface area contributed by atoms with E-state index in [4.69, 9.17) is 11.6 Å². The summed E-state index contributed by atoms with van der Waals surface area (Å²) in [7, 11) is -3.26. The Bertz CT molecular complexity index is 633. The van der Waals surface area contributed by atoms with E-state index in [0.29, 0.717) is 22.1 Å². The van der Waals surface area contributed by atoms with Gasteiger partial charge in [-0.15, -0.1) is 16.4 Å². The Morgan fingerprint density at radius 2 is 2.22 bits per heavy atom. The van der Waals surface area contributed by atoms with E-state index in [0.717, 1.165) is 0 Å². The van der Waals surface area contributed by atoms with Crippen LogP contribution in [0.15, 0.2) is 17.6 Å². The number of aryl methyl sites for hydroxylation is 1. The summed E-state index contributed by atoms with van der Waals surface area (Å²) in [6.45, 7) is 2.59. The van der Waals surface area contributed by atoms with Crippen LogP contribution in [0.1, 0.15) is 17.5 Å². The number of sulfone groups is 1. The van der Waals surface area contributed by atoms with Crippen LogP contribution < -0.4 is 0 Å². The molecule has 0 unspecified atom stereocenters. The second-order valence-corrected chi connectivity index (χ2v) is 7.26. The van der Waals surface area contributed by atoms with Gasteiger partial charge in [-0.05, 0) is 18.4 Å². The van der Waals surface area contributed by atoms with Crippen LogP contribution in [-0.2, 0) is 27.9 Å². The van der Waals surface area contributed by atoms with E-state index >= 15 is 0 Å². The SMILES string of the molecule is CCn1cc(CS(=O)(=O)Cc2sccc2Cl)nn1. The molecule has 0 bridgehead atoms. The monoisotopic (exact) mass is 305 g/mol. The number of thiophene rings is 1. The standard InChI is InChI=1S/C10H12ClN3O2S2/c1-2-14-5-8(12-13-14)6-18(15,16)7-10-9(11)3-4-17-10/h3-5H,2,6-7H2,1H3. The lowest BCUT2D eigenvalue weighted by Crippen LogP contribution is -2.07. The van der Waals surface area contributed by atoms with Crippen molar-refractivity contribution >= 4 is 32.8 Å². The van der Waals surface area contributed by atoms with Gasteiger partial charge in [-0.25, -0.2) is 8.42 Å². The van der Waals surface area contributed by atoms with Crippen LogP contribution in [-0.4, -0.2) is 23.4 Å². The van der Waals surface area contributed by atoms with E-state index in [1.807, 2.05) is 6.92 Å². The lowest BCUT2D eigenvalue weighted by atomic mass is 10.5. The van der Waals surface area contributed by atoms with Crippen molar-refractivity contribution < 1.29 is 8.42 Å². The summed E-state index contributed by atoms with van der Waals surface area (Å²) in [5.41, 5.74) is 0.463. The summed E-state index contributed by atoms with van der Waals surface area (Å²) in [4.78, 5) is 0.666. The van der Waals surface area contributed by atoms with Gasteiger partial charge < -0.3 is 0 Å². The first-order chi connectivity index (χ1) is 8.50. The van der Waals surface area contributed by atoms with Crippen LogP contribution in [0.5, 0.6) is 0 Å². The quantitative estimate of drug-likeness (QED) is 0.849. The van der Waals surface area contributed by atoms with Crippen molar-refractivity contribution in [3.05, 3.63) is 33.2 Å². The van der Waals surface area contributed by atoms with Crippen LogP contribution in [0.2, 0.25) is 5.02 Å². The van der Waals surface area contributed by atoms with E-state index in [1.54, 1.807) is 22.3 Å². The van der Waals surface area contributed by atoms with Gasteiger partial charge in [0, 0.05) is 17.6 Å². The van der Waals surface area contributed by atoms with Crippen molar-refractivity contribution in [2.75, 3.05) is 0 Å². The molecule has 0 amide bonds. The Balaban J connectivity index is 2.10. The van der Waals surface area contributed by atoms with Gasteiger partial charge in [0.25, 0.3) is 0 Å². The van der Waals surface area contributed by atoms with E-state index in [1.165, 1.54) is 11.3 Å². The predicted octanol–water partition coefficient (Wildman–Crippen LogP) is 2.13. The summed E-state index contributed by atoms with van der Waals surface area (Å²) < 4.78 is 25.6. The molecule has 0 aliphatic heterocycles. The summed E-state index contributed by atoms with van der Waals surface area (Å²) in [6.07, 6.45) is 1.65. The molecule has 0 aliphatic carbocycles. The molecule has 2 aromatic heterocycles. The summed E-state index contributed by atoms with van der Waals surface area (Å²) in [5.74, 6) is -0.163. The second-order valence-electron chi connectivity index (χ2n) is 3.79. The molecule has 0 aromatic carbocycles. The largest absolute Gasteiger partial charge is 0.253 e. The van der Waals surface area contributed by atoms with Gasteiger partial charge in [-0.1, -0.05) is 16.8 Å². The molecule has 2 heterocycles. The second kappa shape index (κ2) is 5.38. The first-order valence-electron chi connectivity index (χ1n) is 5.31. The van der Waals surface area contributed by atoms with Crippen molar-refractivity contribution in [1.82, 2.24) is 15.0 Å². The van der Waals surface area contributed by atoms with Crippen molar-refractivity contribution in [3.63, 3.8) is 0 Å². The topological polar surface area (TPSA) is 64.8 Å². The molecule has 0 saturated heterocycles. The highest BCUT2D eigenvalue weighted by Gasteiger charge is 2.17. The Morgan fingerprint density at radius 1 is 1.44 bits per heavy atom. The van der Waals surface area contributed by atoms with Crippen molar-refractivity contribution in [3.8, 4) is 0 Å². The molecule has 0 saturated carbocycles. The van der Waals surface area contributed by atoms with Gasteiger partial charge in [0.2, 0.25) is 0 Å². The molecular formula is C10H12ClN3O2S2. The van der Waals surface area contributed by atoms with E-state index in [9.17, 15) is 8.42 Å². The van der Waals surface area contributed by atoms with Gasteiger partial charge in [0.1, 0.15) is 0 Å². The number of aromatic nitrogens is 3. The molecule has 2 rings (SSSR count). The molecule has 0 atom stereocenters. The third-order valence-electron chi connectivity index (χ3n) is 2.32. The fourth-order valence-electron chi connectivity index (χ4n) is 1.46. The molecule has 98 valence electrons. The third kappa shape index (κ3) is 3.30. The Hall–Kier alpha value is -0.920. The highest BCUT2D eigenvalue weighted by molar-refractivity contribution is 7.90. The molecule has 2 aromatic rings. The fraction of sp³-hybridized carbons (Fsp3) is 0.400. The minimum absolute atomic E-state index is 0.0531. The molecule has 0 N–H and O–H groups in total. The zero-order valence-corrected chi connectivity index (χ0v) is 12.1. The predicted molar refractivity (Wildman–Crippen MR) is 71.4 cm³/mol. The van der Waals surface area contributed by atoms with Crippen LogP contribution >= 0.6 is 22.9 Å². The summed E-state index contributed by atoms with van der Waals surface area (Å²) in [5, 5.41) is 9.92. The lowest BCUT2D eigenvalue weighted by molar-refractivity contribution is 0.594. The highest BCUT2D eigenvalue weighted by atomic mass is 35.5. The number of rotatable bonds is 5. The van der Waals surface area contributed by atoms with Crippen molar-refractivity contribution in [2.45, 2.75) is 25.0 Å². The lowest BCUT2D eigenvalue weighted by Gasteiger charge is -2.00. The molecule has 0 radical (unpaired) electrons. The Labute approximate surface area is 114 Å². The zero-order valence-electron chi connectivity index (χ0n) is 9.71.